The second kappa shape index (κ2) is 6.46. The van der Waals surface area contributed by atoms with E-state index in [0.717, 1.165) is 0 Å². The Labute approximate surface area is 120 Å². The second-order valence-electron chi connectivity index (χ2n) is 4.70. The van der Waals surface area contributed by atoms with Gasteiger partial charge in [0.1, 0.15) is 16.3 Å². The minimum absolute atomic E-state index is 0.236. The molecule has 3 N–H and O–H groups in total. The van der Waals surface area contributed by atoms with Crippen molar-refractivity contribution < 1.29 is 32.2 Å². The van der Waals surface area contributed by atoms with E-state index in [2.05, 4.69) is 0 Å². The summed E-state index contributed by atoms with van der Waals surface area (Å²) in [5, 5.41) is 18.2. The second-order valence-corrected chi connectivity index (χ2v) is 6.44. The average Bonchev–Trinajstić information content (AvgIpc) is 2.35. The summed E-state index contributed by atoms with van der Waals surface area (Å²) >= 11 is 0. The van der Waals surface area contributed by atoms with Gasteiger partial charge in [-0.1, -0.05) is 13.8 Å². The van der Waals surface area contributed by atoms with Crippen LogP contribution in [0.25, 0.3) is 0 Å². The Hall–Kier alpha value is -1.58. The maximum absolute atomic E-state index is 13.9. The lowest BCUT2D eigenvalue weighted by molar-refractivity contribution is 0.0685. The number of carboxylic acid groups (broad SMARTS) is 1. The molecule has 0 fully saturated rings. The summed E-state index contributed by atoms with van der Waals surface area (Å²) in [6.07, 6.45) is -0.998. The number of carboxylic acids is 1. The van der Waals surface area contributed by atoms with Gasteiger partial charge in [-0.3, -0.25) is 0 Å². The van der Waals surface area contributed by atoms with E-state index in [9.17, 15) is 27.1 Å². The zero-order chi connectivity index (χ0) is 16.4. The van der Waals surface area contributed by atoms with Gasteiger partial charge in [-0.2, -0.15) is 0 Å². The van der Waals surface area contributed by atoms with Gasteiger partial charge in [0, 0.05) is 6.54 Å². The topological polar surface area (TPSA) is 104 Å². The van der Waals surface area contributed by atoms with E-state index in [1.807, 2.05) is 4.72 Å². The number of rotatable bonds is 6. The fourth-order valence-corrected chi connectivity index (χ4v) is 2.58. The Bertz CT molecular complexity index is 645. The summed E-state index contributed by atoms with van der Waals surface area (Å²) in [5.41, 5.74) is -1.35. The molecule has 0 aliphatic heterocycles. The molecule has 0 radical (unpaired) electrons. The van der Waals surface area contributed by atoms with Crippen LogP contribution >= 0.6 is 0 Å². The Morgan fingerprint density at radius 1 is 1.33 bits per heavy atom. The third-order valence-corrected chi connectivity index (χ3v) is 4.25. The van der Waals surface area contributed by atoms with Crippen molar-refractivity contribution in [3.8, 4) is 0 Å². The van der Waals surface area contributed by atoms with Crippen LogP contribution in [0.15, 0.2) is 17.0 Å². The quantitative estimate of drug-likeness (QED) is 0.723. The van der Waals surface area contributed by atoms with Crippen LogP contribution in [0.3, 0.4) is 0 Å². The zero-order valence-corrected chi connectivity index (χ0v) is 12.1. The molecule has 0 aliphatic carbocycles. The first kappa shape index (κ1) is 17.5. The van der Waals surface area contributed by atoms with E-state index < -0.39 is 44.2 Å². The van der Waals surface area contributed by atoms with Crippen LogP contribution in [-0.4, -0.2) is 37.2 Å². The summed E-state index contributed by atoms with van der Waals surface area (Å²) in [6.45, 7) is 2.93. The minimum atomic E-state index is -4.41. The van der Waals surface area contributed by atoms with Gasteiger partial charge in [0.25, 0.3) is 0 Å². The molecule has 0 aromatic heterocycles. The molecule has 0 bridgehead atoms. The summed E-state index contributed by atoms with van der Waals surface area (Å²) < 4.78 is 52.8. The van der Waals surface area contributed by atoms with Crippen molar-refractivity contribution in [3.63, 3.8) is 0 Å². The number of hydrogen-bond acceptors (Lipinski definition) is 4. The maximum Gasteiger partial charge on any atom is 0.341 e. The minimum Gasteiger partial charge on any atom is -0.477 e. The van der Waals surface area contributed by atoms with E-state index in [4.69, 9.17) is 5.11 Å². The van der Waals surface area contributed by atoms with Gasteiger partial charge in [0.05, 0.1) is 6.10 Å². The number of sulfonamides is 1. The zero-order valence-electron chi connectivity index (χ0n) is 11.3. The largest absolute Gasteiger partial charge is 0.477 e. The van der Waals surface area contributed by atoms with E-state index in [1.165, 1.54) is 0 Å². The molecule has 1 rings (SSSR count). The smallest absolute Gasteiger partial charge is 0.341 e. The average molecular weight is 323 g/mol. The lowest BCUT2D eigenvalue weighted by Crippen LogP contribution is -2.35. The Morgan fingerprint density at radius 3 is 2.38 bits per heavy atom. The molecule has 1 aromatic carbocycles. The van der Waals surface area contributed by atoms with Gasteiger partial charge in [-0.25, -0.2) is 26.7 Å². The number of halogens is 2. The molecule has 0 saturated carbocycles. The highest BCUT2D eigenvalue weighted by Crippen LogP contribution is 2.21. The van der Waals surface area contributed by atoms with Crippen LogP contribution in [0.5, 0.6) is 0 Å². The molecule has 9 heteroatoms. The number of aromatic carboxylic acids is 1. The van der Waals surface area contributed by atoms with Crippen molar-refractivity contribution in [2.45, 2.75) is 24.8 Å². The molecule has 1 unspecified atom stereocenters. The summed E-state index contributed by atoms with van der Waals surface area (Å²) in [6, 6.07) is 1.18. The van der Waals surface area contributed by atoms with Gasteiger partial charge < -0.3 is 10.2 Å². The summed E-state index contributed by atoms with van der Waals surface area (Å²) in [4.78, 5) is 9.75. The molecule has 0 aliphatic rings. The molecule has 0 spiro atoms. The fourth-order valence-electron chi connectivity index (χ4n) is 1.45. The number of hydrogen-bond donors (Lipinski definition) is 3. The van der Waals surface area contributed by atoms with Crippen LogP contribution in [0.1, 0.15) is 24.2 Å². The predicted octanol–water partition coefficient (Wildman–Crippen LogP) is 0.958. The van der Waals surface area contributed by atoms with E-state index in [-0.39, 0.29) is 12.5 Å². The maximum atomic E-state index is 13.9. The van der Waals surface area contributed by atoms with Gasteiger partial charge >= 0.3 is 5.97 Å². The van der Waals surface area contributed by atoms with Crippen molar-refractivity contribution in [2.24, 2.45) is 5.92 Å². The van der Waals surface area contributed by atoms with Crippen LogP contribution in [0, 0.1) is 17.6 Å². The molecule has 0 saturated heterocycles. The molecular weight excluding hydrogens is 308 g/mol. The van der Waals surface area contributed by atoms with Crippen molar-refractivity contribution >= 4 is 16.0 Å². The van der Waals surface area contributed by atoms with Crippen LogP contribution in [0.2, 0.25) is 0 Å². The first-order valence-corrected chi connectivity index (χ1v) is 7.45. The molecule has 0 heterocycles. The highest BCUT2D eigenvalue weighted by Gasteiger charge is 2.27. The van der Waals surface area contributed by atoms with Crippen molar-refractivity contribution in [2.75, 3.05) is 6.54 Å². The van der Waals surface area contributed by atoms with Gasteiger partial charge in [-0.15, -0.1) is 0 Å². The molecule has 1 atom stereocenters. The number of carbonyl (C=O) groups is 1. The van der Waals surface area contributed by atoms with Crippen LogP contribution in [0.4, 0.5) is 8.78 Å². The molecule has 1 aromatic rings. The van der Waals surface area contributed by atoms with Gasteiger partial charge in [-0.05, 0) is 18.1 Å². The van der Waals surface area contributed by atoms with Crippen molar-refractivity contribution in [1.82, 2.24) is 4.72 Å². The first-order chi connectivity index (χ1) is 9.58. The number of aliphatic hydroxyl groups excluding tert-OH is 1. The highest BCUT2D eigenvalue weighted by molar-refractivity contribution is 7.89. The normalized spacial score (nSPS) is 13.4. The lowest BCUT2D eigenvalue weighted by Gasteiger charge is -2.15. The Morgan fingerprint density at radius 2 is 1.90 bits per heavy atom. The first-order valence-electron chi connectivity index (χ1n) is 5.97. The SMILES string of the molecule is CC(C)C(O)CNS(=O)(=O)c1ccc(F)c(C(=O)O)c1F. The van der Waals surface area contributed by atoms with Gasteiger partial charge in [0.15, 0.2) is 5.82 Å². The Balaban J connectivity index is 3.16. The van der Waals surface area contributed by atoms with E-state index in [1.54, 1.807) is 13.8 Å². The van der Waals surface area contributed by atoms with E-state index in [0.29, 0.717) is 12.1 Å². The van der Waals surface area contributed by atoms with Crippen molar-refractivity contribution in [3.05, 3.63) is 29.3 Å². The number of benzene rings is 1. The number of aliphatic hydroxyl groups is 1. The Kier molecular flexibility index (Phi) is 5.37. The lowest BCUT2D eigenvalue weighted by atomic mass is 10.1. The van der Waals surface area contributed by atoms with Crippen LogP contribution in [-0.2, 0) is 10.0 Å². The van der Waals surface area contributed by atoms with Gasteiger partial charge in [0.2, 0.25) is 10.0 Å². The van der Waals surface area contributed by atoms with Crippen molar-refractivity contribution in [1.29, 1.82) is 0 Å². The summed E-state index contributed by atoms with van der Waals surface area (Å²) in [7, 11) is -4.41. The van der Waals surface area contributed by atoms with Crippen LogP contribution < -0.4 is 4.72 Å². The number of nitrogens with one attached hydrogen (secondary N) is 1. The monoisotopic (exact) mass is 323 g/mol. The third kappa shape index (κ3) is 3.96. The third-order valence-electron chi connectivity index (χ3n) is 2.81. The molecule has 118 valence electrons. The van der Waals surface area contributed by atoms with E-state index >= 15 is 0 Å². The standard InChI is InChI=1S/C12H15F2NO5S/c1-6(2)8(16)5-15-21(19,20)9-4-3-7(13)10(11(9)14)12(17)18/h3-4,6,8,15-16H,5H2,1-2H3,(H,17,18). The molecule has 0 amide bonds. The highest BCUT2D eigenvalue weighted by atomic mass is 32.2. The summed E-state index contributed by atoms with van der Waals surface area (Å²) in [5.74, 6) is -5.21. The molecule has 6 nitrogen and oxygen atoms in total. The molecular formula is C12H15F2NO5S. The predicted molar refractivity (Wildman–Crippen MR) is 69.4 cm³/mol. The molecule has 21 heavy (non-hydrogen) atoms. The fraction of sp³-hybridized carbons (Fsp3) is 0.417.